The number of benzene rings is 2. The second-order valence-corrected chi connectivity index (χ2v) is 6.06. The molecule has 5 nitrogen and oxygen atoms in total. The number of aromatic nitrogens is 1. The number of hydrogen-bond acceptors (Lipinski definition) is 4. The SMILES string of the molecule is N#CC1=Cc2onc(-c3ccccc3)c2C(=O)N(Cc2ccccc2)C1. The van der Waals surface area contributed by atoms with Gasteiger partial charge in [0.2, 0.25) is 0 Å². The average Bonchev–Trinajstić information content (AvgIpc) is 3.05. The Kier molecular flexibility index (Phi) is 4.08. The van der Waals surface area contributed by atoms with E-state index in [0.29, 0.717) is 29.1 Å². The summed E-state index contributed by atoms with van der Waals surface area (Å²) >= 11 is 0. The monoisotopic (exact) mass is 341 g/mol. The number of carbonyl (C=O) groups excluding carboxylic acids is 1. The standard InChI is InChI=1S/C21H15N3O2/c22-12-16-11-18-19(20(23-26-18)17-9-5-2-6-10-17)21(25)24(14-16)13-15-7-3-1-4-8-15/h1-11H,13-14H2. The number of amides is 1. The van der Waals surface area contributed by atoms with E-state index in [-0.39, 0.29) is 12.5 Å². The molecule has 1 aromatic heterocycles. The molecule has 0 bridgehead atoms. The molecule has 26 heavy (non-hydrogen) atoms. The van der Waals surface area contributed by atoms with E-state index >= 15 is 0 Å². The molecule has 3 aromatic rings. The van der Waals surface area contributed by atoms with E-state index in [2.05, 4.69) is 11.2 Å². The molecule has 2 heterocycles. The quantitative estimate of drug-likeness (QED) is 0.724. The zero-order chi connectivity index (χ0) is 17.9. The Morgan fingerprint density at radius 2 is 1.77 bits per heavy atom. The third kappa shape index (κ3) is 2.89. The highest BCUT2D eigenvalue weighted by Crippen LogP contribution is 2.30. The van der Waals surface area contributed by atoms with Crippen molar-refractivity contribution in [3.63, 3.8) is 0 Å². The molecule has 4 rings (SSSR count). The molecular formula is C21H15N3O2. The van der Waals surface area contributed by atoms with Gasteiger partial charge in [-0.05, 0) is 11.6 Å². The van der Waals surface area contributed by atoms with Crippen LogP contribution in [0.5, 0.6) is 0 Å². The van der Waals surface area contributed by atoms with Crippen LogP contribution in [0.15, 0.2) is 70.8 Å². The smallest absolute Gasteiger partial charge is 0.260 e. The van der Waals surface area contributed by atoms with Gasteiger partial charge in [0, 0.05) is 12.1 Å². The first-order valence-corrected chi connectivity index (χ1v) is 8.25. The fraction of sp³-hybridized carbons (Fsp3) is 0.0952. The summed E-state index contributed by atoms with van der Waals surface area (Å²) in [5, 5.41) is 13.5. The first-order chi connectivity index (χ1) is 12.8. The number of nitrogens with zero attached hydrogens (tertiary/aromatic N) is 3. The summed E-state index contributed by atoms with van der Waals surface area (Å²) < 4.78 is 5.40. The van der Waals surface area contributed by atoms with Crippen LogP contribution in [0.4, 0.5) is 0 Å². The van der Waals surface area contributed by atoms with Gasteiger partial charge in [-0.1, -0.05) is 65.8 Å². The van der Waals surface area contributed by atoms with Gasteiger partial charge >= 0.3 is 0 Å². The second-order valence-electron chi connectivity index (χ2n) is 6.06. The Bertz CT molecular complexity index is 1010. The van der Waals surface area contributed by atoms with E-state index in [1.54, 1.807) is 11.0 Å². The fourth-order valence-electron chi connectivity index (χ4n) is 3.04. The predicted octanol–water partition coefficient (Wildman–Crippen LogP) is 3.90. The van der Waals surface area contributed by atoms with Gasteiger partial charge in [-0.2, -0.15) is 5.26 Å². The maximum absolute atomic E-state index is 13.2. The van der Waals surface area contributed by atoms with Crippen LogP contribution in [-0.2, 0) is 6.54 Å². The van der Waals surface area contributed by atoms with Crippen LogP contribution in [0.2, 0.25) is 0 Å². The zero-order valence-electron chi connectivity index (χ0n) is 13.9. The minimum absolute atomic E-state index is 0.189. The van der Waals surface area contributed by atoms with Crippen molar-refractivity contribution in [2.24, 2.45) is 0 Å². The normalized spacial score (nSPS) is 13.6. The number of rotatable bonds is 3. The van der Waals surface area contributed by atoms with Crippen LogP contribution in [0.1, 0.15) is 21.7 Å². The molecule has 5 heteroatoms. The van der Waals surface area contributed by atoms with Crippen LogP contribution in [-0.4, -0.2) is 22.5 Å². The van der Waals surface area contributed by atoms with Crippen molar-refractivity contribution in [2.75, 3.05) is 6.54 Å². The van der Waals surface area contributed by atoms with Gasteiger partial charge in [-0.3, -0.25) is 4.79 Å². The Morgan fingerprint density at radius 3 is 2.46 bits per heavy atom. The molecule has 0 saturated carbocycles. The summed E-state index contributed by atoms with van der Waals surface area (Å²) in [5.74, 6) is 0.145. The molecule has 0 spiro atoms. The lowest BCUT2D eigenvalue weighted by Gasteiger charge is -2.21. The predicted molar refractivity (Wildman–Crippen MR) is 96.7 cm³/mol. The van der Waals surface area contributed by atoms with Gasteiger partial charge in [0.25, 0.3) is 5.91 Å². The van der Waals surface area contributed by atoms with Crippen molar-refractivity contribution in [3.05, 3.63) is 83.1 Å². The lowest BCUT2D eigenvalue weighted by Crippen LogP contribution is -2.31. The van der Waals surface area contributed by atoms with Gasteiger partial charge in [0.1, 0.15) is 11.3 Å². The highest BCUT2D eigenvalue weighted by Gasteiger charge is 2.30. The largest absolute Gasteiger partial charge is 0.355 e. The molecule has 1 aliphatic rings. The molecule has 2 aromatic carbocycles. The lowest BCUT2D eigenvalue weighted by atomic mass is 10.0. The summed E-state index contributed by atoms with van der Waals surface area (Å²) in [5.41, 5.74) is 3.17. The highest BCUT2D eigenvalue weighted by atomic mass is 16.5. The molecule has 0 atom stereocenters. The summed E-state index contributed by atoms with van der Waals surface area (Å²) in [6, 6.07) is 21.3. The lowest BCUT2D eigenvalue weighted by molar-refractivity contribution is 0.0762. The zero-order valence-corrected chi connectivity index (χ0v) is 13.9. The molecule has 1 aliphatic heterocycles. The van der Waals surface area contributed by atoms with Gasteiger partial charge in [-0.15, -0.1) is 0 Å². The Hall–Kier alpha value is -3.65. The Balaban J connectivity index is 1.79. The van der Waals surface area contributed by atoms with E-state index < -0.39 is 0 Å². The molecule has 1 amide bonds. The van der Waals surface area contributed by atoms with Crippen LogP contribution in [0, 0.1) is 11.3 Å². The van der Waals surface area contributed by atoms with Gasteiger partial charge in [0.05, 0.1) is 18.2 Å². The van der Waals surface area contributed by atoms with E-state index in [1.165, 1.54) is 0 Å². The van der Waals surface area contributed by atoms with Crippen molar-refractivity contribution in [1.29, 1.82) is 5.26 Å². The van der Waals surface area contributed by atoms with Crippen molar-refractivity contribution < 1.29 is 9.32 Å². The van der Waals surface area contributed by atoms with Crippen LogP contribution in [0.3, 0.4) is 0 Å². The topological polar surface area (TPSA) is 70.1 Å². The van der Waals surface area contributed by atoms with Crippen molar-refractivity contribution in [2.45, 2.75) is 6.54 Å². The van der Waals surface area contributed by atoms with Crippen LogP contribution in [0.25, 0.3) is 17.3 Å². The molecule has 0 unspecified atom stereocenters. The average molecular weight is 341 g/mol. The molecule has 126 valence electrons. The number of hydrogen-bond donors (Lipinski definition) is 0. The Labute approximate surface area is 150 Å². The highest BCUT2D eigenvalue weighted by molar-refractivity contribution is 6.03. The van der Waals surface area contributed by atoms with Crippen molar-refractivity contribution in [3.8, 4) is 17.3 Å². The molecule has 0 N–H and O–H groups in total. The fourth-order valence-corrected chi connectivity index (χ4v) is 3.04. The summed E-state index contributed by atoms with van der Waals surface area (Å²) in [4.78, 5) is 14.9. The van der Waals surface area contributed by atoms with Gasteiger partial charge < -0.3 is 9.42 Å². The summed E-state index contributed by atoms with van der Waals surface area (Å²) in [6.45, 7) is 0.653. The van der Waals surface area contributed by atoms with E-state index in [4.69, 9.17) is 4.52 Å². The number of nitriles is 1. The van der Waals surface area contributed by atoms with E-state index in [0.717, 1.165) is 11.1 Å². The van der Waals surface area contributed by atoms with E-state index in [1.807, 2.05) is 60.7 Å². The maximum Gasteiger partial charge on any atom is 0.260 e. The molecule has 0 aliphatic carbocycles. The molecule has 0 saturated heterocycles. The molecular weight excluding hydrogens is 326 g/mol. The third-order valence-electron chi connectivity index (χ3n) is 4.29. The maximum atomic E-state index is 13.2. The third-order valence-corrected chi connectivity index (χ3v) is 4.29. The summed E-state index contributed by atoms with van der Waals surface area (Å²) in [6.07, 6.45) is 1.61. The van der Waals surface area contributed by atoms with Crippen LogP contribution < -0.4 is 0 Å². The minimum Gasteiger partial charge on any atom is -0.355 e. The number of carbonyl (C=O) groups is 1. The van der Waals surface area contributed by atoms with Crippen molar-refractivity contribution in [1.82, 2.24) is 10.1 Å². The van der Waals surface area contributed by atoms with Gasteiger partial charge in [-0.25, -0.2) is 0 Å². The van der Waals surface area contributed by atoms with E-state index in [9.17, 15) is 10.1 Å². The first kappa shape index (κ1) is 15.9. The van der Waals surface area contributed by atoms with Crippen LogP contribution >= 0.6 is 0 Å². The molecule has 0 fully saturated rings. The second kappa shape index (κ2) is 6.69. The summed E-state index contributed by atoms with van der Waals surface area (Å²) in [7, 11) is 0. The number of fused-ring (bicyclic) bond motifs is 1. The van der Waals surface area contributed by atoms with Gasteiger partial charge in [0.15, 0.2) is 5.76 Å². The Morgan fingerprint density at radius 1 is 1.08 bits per heavy atom. The molecule has 0 radical (unpaired) electrons. The van der Waals surface area contributed by atoms with Crippen molar-refractivity contribution >= 4 is 12.0 Å². The minimum atomic E-state index is -0.189. The first-order valence-electron chi connectivity index (χ1n) is 8.25.